The van der Waals surface area contributed by atoms with Crippen molar-refractivity contribution in [3.63, 3.8) is 0 Å². The number of aromatic hydroxyl groups is 1. The third kappa shape index (κ3) is 4.47. The molecule has 1 aliphatic heterocycles. The second-order valence-electron chi connectivity index (χ2n) is 8.53. The molecule has 3 nitrogen and oxygen atoms in total. The van der Waals surface area contributed by atoms with Crippen LogP contribution < -0.4 is 4.90 Å². The van der Waals surface area contributed by atoms with Gasteiger partial charge in [-0.3, -0.25) is 0 Å². The van der Waals surface area contributed by atoms with Gasteiger partial charge in [0.25, 0.3) is 0 Å². The smallest absolute Gasteiger partial charge is 0.389 e. The molecule has 2 aliphatic rings. The topological polar surface area (TPSA) is 40.5 Å². The van der Waals surface area contributed by atoms with Gasteiger partial charge in [0.05, 0.1) is 0 Å². The van der Waals surface area contributed by atoms with E-state index in [1.54, 1.807) is 18.2 Å². The number of nitrogens with zero attached hydrogens (tertiary/aromatic N) is 1. The molecular formula is C24H26F3NO2. The van der Waals surface area contributed by atoms with E-state index in [0.29, 0.717) is 12.8 Å². The highest BCUT2D eigenvalue weighted by atomic mass is 19.4. The lowest BCUT2D eigenvalue weighted by Crippen LogP contribution is -2.34. The number of piperidine rings is 1. The summed E-state index contributed by atoms with van der Waals surface area (Å²) >= 11 is 0. The number of aryl methyl sites for hydroxylation is 1. The standard InChI is InChI=1S/C24H26F3NO2/c25-24(26,27)14-19-2-1-18-13-21(30)7-8-22(18)23(19)17-3-5-20(6-4-17)28-11-9-16(15-29)10-12-28/h3-8,13,15-16,19,23,30H,1-2,9-12,14H2/t19-,23+/m0/s1. The summed E-state index contributed by atoms with van der Waals surface area (Å²) < 4.78 is 39.8. The van der Waals surface area contributed by atoms with Gasteiger partial charge in [-0.2, -0.15) is 13.2 Å². The first kappa shape index (κ1) is 20.8. The Labute approximate surface area is 174 Å². The van der Waals surface area contributed by atoms with E-state index in [-0.39, 0.29) is 17.6 Å². The van der Waals surface area contributed by atoms with Crippen molar-refractivity contribution in [2.24, 2.45) is 11.8 Å². The predicted octanol–water partition coefficient (Wildman–Crippen LogP) is 5.45. The average molecular weight is 417 g/mol. The Morgan fingerprint density at radius 2 is 1.73 bits per heavy atom. The maximum absolute atomic E-state index is 13.3. The van der Waals surface area contributed by atoms with Crippen LogP contribution in [0.3, 0.4) is 0 Å². The summed E-state index contributed by atoms with van der Waals surface area (Å²) in [5.74, 6) is -0.586. The van der Waals surface area contributed by atoms with Gasteiger partial charge >= 0.3 is 6.18 Å². The summed E-state index contributed by atoms with van der Waals surface area (Å²) in [5.41, 5.74) is 3.73. The maximum Gasteiger partial charge on any atom is 0.389 e. The molecule has 2 aromatic rings. The van der Waals surface area contributed by atoms with Crippen LogP contribution in [0.1, 0.15) is 48.3 Å². The van der Waals surface area contributed by atoms with Gasteiger partial charge < -0.3 is 14.8 Å². The number of aldehydes is 1. The Balaban J connectivity index is 1.61. The van der Waals surface area contributed by atoms with E-state index in [1.165, 1.54) is 0 Å². The number of hydrogen-bond acceptors (Lipinski definition) is 3. The first-order chi connectivity index (χ1) is 14.3. The first-order valence-electron chi connectivity index (χ1n) is 10.5. The van der Waals surface area contributed by atoms with E-state index >= 15 is 0 Å². The summed E-state index contributed by atoms with van der Waals surface area (Å²) in [6, 6.07) is 12.9. The number of halogens is 3. The summed E-state index contributed by atoms with van der Waals surface area (Å²) in [7, 11) is 0. The lowest BCUT2D eigenvalue weighted by molar-refractivity contribution is -0.146. The van der Waals surface area contributed by atoms with Gasteiger partial charge in [0.15, 0.2) is 0 Å². The fourth-order valence-electron chi connectivity index (χ4n) is 5.03. The minimum atomic E-state index is -4.21. The number of carbonyl (C=O) groups is 1. The number of phenols is 1. The maximum atomic E-state index is 13.3. The van der Waals surface area contributed by atoms with E-state index < -0.39 is 18.5 Å². The van der Waals surface area contributed by atoms with Crippen LogP contribution in [0.4, 0.5) is 18.9 Å². The highest BCUT2D eigenvalue weighted by Gasteiger charge is 2.39. The molecule has 6 heteroatoms. The van der Waals surface area contributed by atoms with E-state index in [4.69, 9.17) is 0 Å². The van der Waals surface area contributed by atoms with Gasteiger partial charge in [0, 0.05) is 37.0 Å². The fraction of sp³-hybridized carbons (Fsp3) is 0.458. The summed E-state index contributed by atoms with van der Waals surface area (Å²) in [6.07, 6.45) is -1.33. The van der Waals surface area contributed by atoms with Crippen molar-refractivity contribution >= 4 is 12.0 Å². The van der Waals surface area contributed by atoms with Crippen LogP contribution in [0.2, 0.25) is 0 Å². The number of hydrogen-bond donors (Lipinski definition) is 1. The molecule has 2 atom stereocenters. The number of rotatable bonds is 4. The summed E-state index contributed by atoms with van der Waals surface area (Å²) in [5, 5.41) is 9.81. The Morgan fingerprint density at radius 1 is 1.03 bits per heavy atom. The second kappa shape index (κ2) is 8.32. The van der Waals surface area contributed by atoms with Gasteiger partial charge in [-0.05, 0) is 72.6 Å². The Bertz CT molecular complexity index is 886. The second-order valence-corrected chi connectivity index (χ2v) is 8.53. The monoisotopic (exact) mass is 417 g/mol. The van der Waals surface area contributed by atoms with Crippen molar-refractivity contribution < 1.29 is 23.1 Å². The largest absolute Gasteiger partial charge is 0.508 e. The summed E-state index contributed by atoms with van der Waals surface area (Å²) in [4.78, 5) is 13.2. The minimum Gasteiger partial charge on any atom is -0.508 e. The number of carbonyl (C=O) groups excluding carboxylic acids is 1. The molecule has 1 fully saturated rings. The highest BCUT2D eigenvalue weighted by Crippen LogP contribution is 2.46. The van der Waals surface area contributed by atoms with Crippen molar-refractivity contribution in [2.75, 3.05) is 18.0 Å². The van der Waals surface area contributed by atoms with E-state index in [1.807, 2.05) is 24.3 Å². The number of phenolic OH excluding ortho intramolecular Hbond substituents is 1. The zero-order valence-electron chi connectivity index (χ0n) is 16.7. The van der Waals surface area contributed by atoms with Gasteiger partial charge in [0.1, 0.15) is 12.0 Å². The molecule has 0 aromatic heterocycles. The Morgan fingerprint density at radius 3 is 2.37 bits per heavy atom. The summed E-state index contributed by atoms with van der Waals surface area (Å²) in [6.45, 7) is 1.62. The molecule has 0 bridgehead atoms. The molecule has 0 amide bonds. The van der Waals surface area contributed by atoms with Crippen molar-refractivity contribution in [1.82, 2.24) is 0 Å². The van der Waals surface area contributed by atoms with Crippen molar-refractivity contribution in [3.05, 3.63) is 59.2 Å². The van der Waals surface area contributed by atoms with Crippen LogP contribution >= 0.6 is 0 Å². The third-order valence-electron chi connectivity index (χ3n) is 6.56. The van der Waals surface area contributed by atoms with Gasteiger partial charge in [-0.25, -0.2) is 0 Å². The van der Waals surface area contributed by atoms with Crippen LogP contribution in [0.15, 0.2) is 42.5 Å². The minimum absolute atomic E-state index is 0.124. The van der Waals surface area contributed by atoms with Crippen LogP contribution in [-0.4, -0.2) is 30.7 Å². The lowest BCUT2D eigenvalue weighted by atomic mass is 9.70. The Hall–Kier alpha value is -2.50. The molecule has 1 N–H and O–H groups in total. The van der Waals surface area contributed by atoms with Gasteiger partial charge in [0.2, 0.25) is 0 Å². The molecule has 2 aromatic carbocycles. The molecule has 1 aliphatic carbocycles. The van der Waals surface area contributed by atoms with Crippen LogP contribution in [-0.2, 0) is 11.2 Å². The van der Waals surface area contributed by atoms with Crippen LogP contribution in [0.5, 0.6) is 5.75 Å². The molecule has 160 valence electrons. The number of alkyl halides is 3. The van der Waals surface area contributed by atoms with E-state index in [2.05, 4.69) is 4.90 Å². The molecule has 1 saturated heterocycles. The number of benzene rings is 2. The van der Waals surface area contributed by atoms with Gasteiger partial charge in [-0.1, -0.05) is 18.2 Å². The SMILES string of the molecule is O=CC1CCN(c2ccc([C@H]3c4ccc(O)cc4CC[C@H]3CC(F)(F)F)cc2)CC1. The third-order valence-corrected chi connectivity index (χ3v) is 6.56. The first-order valence-corrected chi connectivity index (χ1v) is 10.5. The predicted molar refractivity (Wildman–Crippen MR) is 110 cm³/mol. The quantitative estimate of drug-likeness (QED) is 0.672. The average Bonchev–Trinajstić information content (AvgIpc) is 2.73. The molecule has 4 rings (SSSR count). The van der Waals surface area contributed by atoms with E-state index in [9.17, 15) is 23.1 Å². The van der Waals surface area contributed by atoms with Crippen molar-refractivity contribution in [1.29, 1.82) is 0 Å². The number of fused-ring (bicyclic) bond motifs is 1. The molecule has 1 heterocycles. The van der Waals surface area contributed by atoms with Gasteiger partial charge in [-0.15, -0.1) is 0 Å². The highest BCUT2D eigenvalue weighted by molar-refractivity contribution is 5.56. The number of anilines is 1. The zero-order chi connectivity index (χ0) is 21.3. The fourth-order valence-corrected chi connectivity index (χ4v) is 5.03. The molecule has 0 spiro atoms. The Kier molecular flexibility index (Phi) is 5.76. The van der Waals surface area contributed by atoms with Crippen molar-refractivity contribution in [3.8, 4) is 5.75 Å². The molecule has 0 radical (unpaired) electrons. The van der Waals surface area contributed by atoms with Crippen molar-refractivity contribution in [2.45, 2.75) is 44.2 Å². The zero-order valence-corrected chi connectivity index (χ0v) is 16.7. The van der Waals surface area contributed by atoms with Crippen LogP contribution in [0.25, 0.3) is 0 Å². The lowest BCUT2D eigenvalue weighted by Gasteiger charge is -2.35. The molecule has 30 heavy (non-hydrogen) atoms. The van der Waals surface area contributed by atoms with Crippen LogP contribution in [0, 0.1) is 11.8 Å². The van der Waals surface area contributed by atoms with E-state index in [0.717, 1.165) is 54.6 Å². The molecular weight excluding hydrogens is 391 g/mol. The normalized spacial score (nSPS) is 22.6. The molecule has 0 unspecified atom stereocenters. The molecule has 0 saturated carbocycles.